The molecule has 0 spiro atoms. The standard InChI is InChI=1S/C6H9NO4.C5H11NO3.ClH/c1-3-4(5(8)10-2)7-6(9)11-3;1-3(7)4(6)5(8)9-2;/h3-4H,1-2H3,(H,7,9);3-4,7H,6H2,1-2H3;1H/t2*3-,4-;/m11./s1. The first-order valence-electron chi connectivity index (χ1n) is 5.81. The lowest BCUT2D eigenvalue weighted by molar-refractivity contribution is -0.145. The van der Waals surface area contributed by atoms with Crippen LogP contribution in [0, 0.1) is 0 Å². The second-order valence-corrected chi connectivity index (χ2v) is 4.05. The lowest BCUT2D eigenvalue weighted by atomic mass is 10.2. The molecule has 1 aliphatic heterocycles. The van der Waals surface area contributed by atoms with Gasteiger partial charge in [-0.25, -0.2) is 9.59 Å². The SMILES string of the molecule is COC(=O)[C@@H]1NC(=O)O[C@@H]1C.COC(=O)[C@H](N)[C@@H](C)O.Cl. The van der Waals surface area contributed by atoms with Crippen molar-refractivity contribution in [1.82, 2.24) is 5.32 Å². The molecule has 9 nitrogen and oxygen atoms in total. The van der Waals surface area contributed by atoms with Gasteiger partial charge in [-0.05, 0) is 13.8 Å². The van der Waals surface area contributed by atoms with Crippen LogP contribution in [-0.2, 0) is 23.8 Å². The van der Waals surface area contributed by atoms with Crippen LogP contribution in [0.15, 0.2) is 0 Å². The highest BCUT2D eigenvalue weighted by Crippen LogP contribution is 2.08. The molecular weight excluding hydrogens is 308 g/mol. The number of nitrogens with one attached hydrogen (secondary N) is 1. The van der Waals surface area contributed by atoms with Gasteiger partial charge in [-0.3, -0.25) is 4.79 Å². The monoisotopic (exact) mass is 328 g/mol. The minimum atomic E-state index is -0.921. The number of amides is 1. The van der Waals surface area contributed by atoms with Gasteiger partial charge in [0.2, 0.25) is 0 Å². The van der Waals surface area contributed by atoms with E-state index in [4.69, 9.17) is 10.8 Å². The van der Waals surface area contributed by atoms with Gasteiger partial charge in [0.15, 0.2) is 6.04 Å². The van der Waals surface area contributed by atoms with Crippen LogP contribution < -0.4 is 11.1 Å². The summed E-state index contributed by atoms with van der Waals surface area (Å²) in [5.74, 6) is -1.08. The van der Waals surface area contributed by atoms with Gasteiger partial charge in [0.1, 0.15) is 12.1 Å². The van der Waals surface area contributed by atoms with Crippen LogP contribution in [0.5, 0.6) is 0 Å². The summed E-state index contributed by atoms with van der Waals surface area (Å²) in [6, 6.07) is -1.58. The summed E-state index contributed by atoms with van der Waals surface area (Å²) in [6.07, 6.45) is -1.87. The predicted octanol–water partition coefficient (Wildman–Crippen LogP) is -1.05. The zero-order valence-corrected chi connectivity index (χ0v) is 13.0. The number of cyclic esters (lactones) is 1. The van der Waals surface area contributed by atoms with Gasteiger partial charge >= 0.3 is 18.0 Å². The normalized spacial score (nSPS) is 22.3. The molecule has 1 fully saturated rings. The van der Waals surface area contributed by atoms with Crippen LogP contribution in [0.2, 0.25) is 0 Å². The molecule has 0 unspecified atom stereocenters. The Morgan fingerprint density at radius 3 is 2.14 bits per heavy atom. The van der Waals surface area contributed by atoms with Gasteiger partial charge in [-0.2, -0.15) is 0 Å². The maximum Gasteiger partial charge on any atom is 0.408 e. The number of nitrogens with two attached hydrogens (primary N) is 1. The van der Waals surface area contributed by atoms with Crippen molar-refractivity contribution in [3.8, 4) is 0 Å². The number of aliphatic hydroxyl groups is 1. The van der Waals surface area contributed by atoms with Gasteiger partial charge < -0.3 is 30.4 Å². The molecule has 1 heterocycles. The van der Waals surface area contributed by atoms with Crippen LogP contribution in [0.25, 0.3) is 0 Å². The van der Waals surface area contributed by atoms with Crippen molar-refractivity contribution >= 4 is 30.4 Å². The third-order valence-electron chi connectivity index (χ3n) is 2.48. The van der Waals surface area contributed by atoms with Crippen LogP contribution >= 0.6 is 12.4 Å². The van der Waals surface area contributed by atoms with E-state index < -0.39 is 42.3 Å². The number of ether oxygens (including phenoxy) is 3. The van der Waals surface area contributed by atoms with E-state index in [2.05, 4.69) is 19.5 Å². The number of methoxy groups -OCH3 is 2. The average molecular weight is 329 g/mol. The summed E-state index contributed by atoms with van der Waals surface area (Å²) in [6.45, 7) is 3.06. The third-order valence-corrected chi connectivity index (χ3v) is 2.48. The minimum Gasteiger partial charge on any atom is -0.468 e. The molecule has 1 rings (SSSR count). The number of esters is 2. The number of halogens is 1. The molecule has 10 heteroatoms. The molecular formula is C11H21ClN2O7. The molecule has 0 saturated carbocycles. The maximum absolute atomic E-state index is 10.9. The molecule has 0 aromatic carbocycles. The van der Waals surface area contributed by atoms with Crippen molar-refractivity contribution in [1.29, 1.82) is 0 Å². The number of carbonyl (C=O) groups is 3. The first-order chi connectivity index (χ1) is 9.24. The molecule has 4 N–H and O–H groups in total. The number of alkyl carbamates (subject to hydrolysis) is 1. The second kappa shape index (κ2) is 10.2. The van der Waals surface area contributed by atoms with Gasteiger partial charge in [0.25, 0.3) is 0 Å². The Balaban J connectivity index is 0. The largest absolute Gasteiger partial charge is 0.468 e. The molecule has 1 saturated heterocycles. The van der Waals surface area contributed by atoms with Gasteiger partial charge in [-0.15, -0.1) is 12.4 Å². The topological polar surface area (TPSA) is 137 Å². The molecule has 1 aliphatic rings. The van der Waals surface area contributed by atoms with E-state index in [0.29, 0.717) is 0 Å². The zero-order valence-electron chi connectivity index (χ0n) is 12.2. The highest BCUT2D eigenvalue weighted by Gasteiger charge is 2.36. The van der Waals surface area contributed by atoms with E-state index in [-0.39, 0.29) is 12.4 Å². The number of hydrogen-bond acceptors (Lipinski definition) is 8. The molecule has 0 aromatic rings. The Morgan fingerprint density at radius 1 is 1.38 bits per heavy atom. The fourth-order valence-corrected chi connectivity index (χ4v) is 1.23. The van der Waals surface area contributed by atoms with E-state index >= 15 is 0 Å². The molecule has 0 aliphatic carbocycles. The number of carbonyl (C=O) groups excluding carboxylic acids is 3. The molecule has 0 aromatic heterocycles. The van der Waals surface area contributed by atoms with Crippen molar-refractivity contribution in [3.63, 3.8) is 0 Å². The van der Waals surface area contributed by atoms with Crippen molar-refractivity contribution in [3.05, 3.63) is 0 Å². The first kappa shape index (κ1) is 21.7. The predicted molar refractivity (Wildman–Crippen MR) is 73.8 cm³/mol. The molecule has 4 atom stereocenters. The quantitative estimate of drug-likeness (QED) is 0.440. The van der Waals surface area contributed by atoms with Gasteiger partial charge in [-0.1, -0.05) is 0 Å². The third kappa shape index (κ3) is 7.11. The smallest absolute Gasteiger partial charge is 0.408 e. The van der Waals surface area contributed by atoms with Crippen LogP contribution in [0.1, 0.15) is 13.8 Å². The van der Waals surface area contributed by atoms with E-state index in [1.54, 1.807) is 6.92 Å². The highest BCUT2D eigenvalue weighted by atomic mass is 35.5. The Labute approximate surface area is 128 Å². The molecule has 0 radical (unpaired) electrons. The Bertz CT molecular complexity index is 364. The number of rotatable bonds is 3. The number of hydrogen-bond donors (Lipinski definition) is 3. The van der Waals surface area contributed by atoms with Gasteiger partial charge in [0.05, 0.1) is 20.3 Å². The summed E-state index contributed by atoms with van der Waals surface area (Å²) in [4.78, 5) is 31.8. The van der Waals surface area contributed by atoms with Crippen molar-refractivity contribution in [2.75, 3.05) is 14.2 Å². The van der Waals surface area contributed by atoms with Crippen molar-refractivity contribution < 1.29 is 33.7 Å². The van der Waals surface area contributed by atoms with Crippen LogP contribution in [-0.4, -0.2) is 61.6 Å². The first-order valence-corrected chi connectivity index (χ1v) is 5.81. The van der Waals surface area contributed by atoms with E-state index in [9.17, 15) is 14.4 Å². The maximum atomic E-state index is 10.9. The molecule has 21 heavy (non-hydrogen) atoms. The lowest BCUT2D eigenvalue weighted by Gasteiger charge is -2.10. The summed E-state index contributed by atoms with van der Waals surface area (Å²) in [7, 11) is 2.49. The fourth-order valence-electron chi connectivity index (χ4n) is 1.23. The Morgan fingerprint density at radius 2 is 1.90 bits per heavy atom. The van der Waals surface area contributed by atoms with Crippen LogP contribution in [0.4, 0.5) is 4.79 Å². The Kier molecular flexibility index (Phi) is 10.5. The minimum absolute atomic E-state index is 0. The summed E-state index contributed by atoms with van der Waals surface area (Å²) >= 11 is 0. The van der Waals surface area contributed by atoms with E-state index in [1.165, 1.54) is 21.1 Å². The van der Waals surface area contributed by atoms with Gasteiger partial charge in [0, 0.05) is 0 Å². The Hall–Kier alpha value is -1.58. The lowest BCUT2D eigenvalue weighted by Crippen LogP contribution is -2.40. The van der Waals surface area contributed by atoms with E-state index in [0.717, 1.165) is 0 Å². The second-order valence-electron chi connectivity index (χ2n) is 4.05. The fraction of sp³-hybridized carbons (Fsp3) is 0.727. The van der Waals surface area contributed by atoms with Crippen molar-refractivity contribution in [2.24, 2.45) is 5.73 Å². The molecule has 0 bridgehead atoms. The molecule has 124 valence electrons. The number of aliphatic hydroxyl groups excluding tert-OH is 1. The summed E-state index contributed by atoms with van der Waals surface area (Å²) in [5, 5.41) is 11.0. The molecule has 1 amide bonds. The summed E-state index contributed by atoms with van der Waals surface area (Å²) < 4.78 is 13.3. The highest BCUT2D eigenvalue weighted by molar-refractivity contribution is 5.85. The zero-order chi connectivity index (χ0) is 15.9. The van der Waals surface area contributed by atoms with Crippen LogP contribution in [0.3, 0.4) is 0 Å². The van der Waals surface area contributed by atoms with E-state index in [1.807, 2.05) is 0 Å². The average Bonchev–Trinajstić information content (AvgIpc) is 2.75. The summed E-state index contributed by atoms with van der Waals surface area (Å²) in [5.41, 5.74) is 5.15. The van der Waals surface area contributed by atoms with Crippen molar-refractivity contribution in [2.45, 2.75) is 38.1 Å².